The maximum atomic E-state index is 11.9. The molecule has 1 amide bonds. The van der Waals surface area contributed by atoms with E-state index in [9.17, 15) is 9.90 Å². The highest BCUT2D eigenvalue weighted by atomic mass is 35.5. The molecule has 92 valence electrons. The quantitative estimate of drug-likeness (QED) is 0.877. The van der Waals surface area contributed by atoms with Gasteiger partial charge in [0.05, 0.1) is 25.3 Å². The van der Waals surface area contributed by atoms with E-state index in [1.165, 1.54) is 0 Å². The molecule has 1 aliphatic heterocycles. The van der Waals surface area contributed by atoms with Crippen molar-refractivity contribution in [1.82, 2.24) is 0 Å². The van der Waals surface area contributed by atoms with Crippen molar-refractivity contribution < 1.29 is 14.6 Å². The molecule has 0 saturated carbocycles. The molecule has 1 aromatic carbocycles. The van der Waals surface area contributed by atoms with Crippen molar-refractivity contribution in [3.05, 3.63) is 23.2 Å². The number of hydrogen-bond acceptors (Lipinski definition) is 3. The van der Waals surface area contributed by atoms with Crippen molar-refractivity contribution in [2.45, 2.75) is 18.9 Å². The fraction of sp³-hybridized carbons (Fsp3) is 0.417. The number of rotatable bonds is 2. The van der Waals surface area contributed by atoms with Gasteiger partial charge in [0.2, 0.25) is 5.91 Å². The Balaban J connectivity index is 2.32. The standard InChI is InChI=1S/C12H14ClNO3/c1-17-11-3-2-8(13)6-10(11)14-5-4-9(15)7-12(14)16/h2-3,6,9,15H,4-5,7H2,1H3. The predicted octanol–water partition coefficient (Wildman–Crippen LogP) is 1.84. The Labute approximate surface area is 105 Å². The minimum atomic E-state index is -0.538. The van der Waals surface area contributed by atoms with Gasteiger partial charge >= 0.3 is 0 Å². The molecular weight excluding hydrogens is 242 g/mol. The zero-order valence-corrected chi connectivity index (χ0v) is 10.3. The van der Waals surface area contributed by atoms with Crippen molar-refractivity contribution >= 4 is 23.2 Å². The lowest BCUT2D eigenvalue weighted by Gasteiger charge is -2.30. The molecule has 1 atom stereocenters. The molecule has 0 radical (unpaired) electrons. The molecule has 0 aliphatic carbocycles. The Bertz CT molecular complexity index is 436. The molecule has 1 fully saturated rings. The summed E-state index contributed by atoms with van der Waals surface area (Å²) >= 11 is 5.93. The van der Waals surface area contributed by atoms with E-state index >= 15 is 0 Å². The second kappa shape index (κ2) is 4.94. The lowest BCUT2D eigenvalue weighted by molar-refractivity contribution is -0.122. The van der Waals surface area contributed by atoms with Crippen LogP contribution in [-0.4, -0.2) is 30.8 Å². The SMILES string of the molecule is COc1ccc(Cl)cc1N1CCC(O)CC1=O. The molecule has 17 heavy (non-hydrogen) atoms. The van der Waals surface area contributed by atoms with Gasteiger partial charge < -0.3 is 14.7 Å². The minimum absolute atomic E-state index is 0.107. The highest BCUT2D eigenvalue weighted by Gasteiger charge is 2.27. The second-order valence-corrected chi connectivity index (χ2v) is 4.44. The summed E-state index contributed by atoms with van der Waals surface area (Å²) in [5.74, 6) is 0.503. The first-order valence-electron chi connectivity index (χ1n) is 5.44. The predicted molar refractivity (Wildman–Crippen MR) is 65.6 cm³/mol. The summed E-state index contributed by atoms with van der Waals surface area (Å²) in [5, 5.41) is 9.98. The van der Waals surface area contributed by atoms with Gasteiger partial charge in [-0.1, -0.05) is 11.6 Å². The van der Waals surface area contributed by atoms with E-state index in [0.717, 1.165) is 0 Å². The van der Waals surface area contributed by atoms with Gasteiger partial charge in [-0.3, -0.25) is 4.79 Å². The molecule has 1 aromatic rings. The van der Waals surface area contributed by atoms with E-state index in [4.69, 9.17) is 16.3 Å². The first kappa shape index (κ1) is 12.2. The third-order valence-corrected chi connectivity index (χ3v) is 3.06. The molecule has 1 N–H and O–H groups in total. The third kappa shape index (κ3) is 2.53. The van der Waals surface area contributed by atoms with E-state index < -0.39 is 6.10 Å². The zero-order chi connectivity index (χ0) is 12.4. The van der Waals surface area contributed by atoms with Gasteiger partial charge in [0.25, 0.3) is 0 Å². The first-order chi connectivity index (χ1) is 8.11. The average molecular weight is 256 g/mol. The van der Waals surface area contributed by atoms with Crippen LogP contribution in [0.2, 0.25) is 5.02 Å². The zero-order valence-electron chi connectivity index (χ0n) is 9.52. The van der Waals surface area contributed by atoms with Crippen molar-refractivity contribution in [1.29, 1.82) is 0 Å². The van der Waals surface area contributed by atoms with E-state index in [-0.39, 0.29) is 12.3 Å². The molecule has 2 rings (SSSR count). The van der Waals surface area contributed by atoms with Crippen molar-refractivity contribution in [2.75, 3.05) is 18.6 Å². The Morgan fingerprint density at radius 3 is 2.94 bits per heavy atom. The average Bonchev–Trinajstić information content (AvgIpc) is 2.29. The van der Waals surface area contributed by atoms with Crippen molar-refractivity contribution in [3.8, 4) is 5.75 Å². The molecule has 1 unspecified atom stereocenters. The lowest BCUT2D eigenvalue weighted by atomic mass is 10.1. The summed E-state index contributed by atoms with van der Waals surface area (Å²) in [6.45, 7) is 0.483. The summed E-state index contributed by atoms with van der Waals surface area (Å²) in [6.07, 6.45) is 0.181. The highest BCUT2D eigenvalue weighted by Crippen LogP contribution is 2.33. The third-order valence-electron chi connectivity index (χ3n) is 2.83. The van der Waals surface area contributed by atoms with Gasteiger partial charge in [-0.25, -0.2) is 0 Å². The molecule has 4 nitrogen and oxygen atoms in total. The number of hydrogen-bond donors (Lipinski definition) is 1. The molecule has 0 aromatic heterocycles. The van der Waals surface area contributed by atoms with Crippen LogP contribution < -0.4 is 9.64 Å². The monoisotopic (exact) mass is 255 g/mol. The Hall–Kier alpha value is -1.26. The van der Waals surface area contributed by atoms with E-state index in [2.05, 4.69) is 0 Å². The minimum Gasteiger partial charge on any atom is -0.495 e. The summed E-state index contributed by atoms with van der Waals surface area (Å²) in [7, 11) is 1.55. The topological polar surface area (TPSA) is 49.8 Å². The molecule has 5 heteroatoms. The number of nitrogens with zero attached hydrogens (tertiary/aromatic N) is 1. The van der Waals surface area contributed by atoms with Gasteiger partial charge in [0, 0.05) is 11.6 Å². The van der Waals surface area contributed by atoms with Crippen LogP contribution in [0.15, 0.2) is 18.2 Å². The van der Waals surface area contributed by atoms with Crippen LogP contribution in [0.25, 0.3) is 0 Å². The van der Waals surface area contributed by atoms with Gasteiger partial charge in [-0.05, 0) is 24.6 Å². The van der Waals surface area contributed by atoms with Crippen LogP contribution in [-0.2, 0) is 4.79 Å². The summed E-state index contributed by atoms with van der Waals surface area (Å²) in [5.41, 5.74) is 0.664. The number of carbonyl (C=O) groups is 1. The number of piperidine rings is 1. The van der Waals surface area contributed by atoms with Crippen molar-refractivity contribution in [3.63, 3.8) is 0 Å². The second-order valence-electron chi connectivity index (χ2n) is 4.01. The normalized spacial score (nSPS) is 20.5. The fourth-order valence-corrected chi connectivity index (χ4v) is 2.11. The number of ether oxygens (including phenoxy) is 1. The maximum absolute atomic E-state index is 11.9. The number of methoxy groups -OCH3 is 1. The van der Waals surface area contributed by atoms with Crippen LogP contribution in [0.1, 0.15) is 12.8 Å². The van der Waals surface area contributed by atoms with Gasteiger partial charge in [-0.15, -0.1) is 0 Å². The van der Waals surface area contributed by atoms with Gasteiger partial charge in [0.15, 0.2) is 0 Å². The summed E-state index contributed by atoms with van der Waals surface area (Å²) < 4.78 is 5.21. The number of aliphatic hydroxyl groups is 1. The van der Waals surface area contributed by atoms with E-state index in [0.29, 0.717) is 29.4 Å². The summed E-state index contributed by atoms with van der Waals surface area (Å²) in [4.78, 5) is 13.5. The number of carbonyl (C=O) groups excluding carboxylic acids is 1. The van der Waals surface area contributed by atoms with Crippen LogP contribution in [0.5, 0.6) is 5.75 Å². The number of halogens is 1. The highest BCUT2D eigenvalue weighted by molar-refractivity contribution is 6.31. The number of anilines is 1. The van der Waals surface area contributed by atoms with Crippen LogP contribution in [0.4, 0.5) is 5.69 Å². The molecule has 0 spiro atoms. The van der Waals surface area contributed by atoms with E-state index in [1.807, 2.05) is 0 Å². The molecular formula is C12H14ClNO3. The number of benzene rings is 1. The molecule has 1 saturated heterocycles. The van der Waals surface area contributed by atoms with Crippen LogP contribution >= 0.6 is 11.6 Å². The Morgan fingerprint density at radius 2 is 2.29 bits per heavy atom. The van der Waals surface area contributed by atoms with Crippen LogP contribution in [0.3, 0.4) is 0 Å². The Morgan fingerprint density at radius 1 is 1.53 bits per heavy atom. The van der Waals surface area contributed by atoms with E-state index in [1.54, 1.807) is 30.2 Å². The Kier molecular flexibility index (Phi) is 3.54. The summed E-state index contributed by atoms with van der Waals surface area (Å²) in [6, 6.07) is 5.15. The fourth-order valence-electron chi connectivity index (χ4n) is 1.95. The maximum Gasteiger partial charge on any atom is 0.229 e. The molecule has 1 aliphatic rings. The van der Waals surface area contributed by atoms with Crippen LogP contribution in [0, 0.1) is 0 Å². The smallest absolute Gasteiger partial charge is 0.229 e. The largest absolute Gasteiger partial charge is 0.495 e. The number of amides is 1. The molecule has 1 heterocycles. The van der Waals surface area contributed by atoms with Crippen molar-refractivity contribution in [2.24, 2.45) is 0 Å². The van der Waals surface area contributed by atoms with Gasteiger partial charge in [0.1, 0.15) is 5.75 Å². The first-order valence-corrected chi connectivity index (χ1v) is 5.81. The van der Waals surface area contributed by atoms with Gasteiger partial charge in [-0.2, -0.15) is 0 Å². The number of aliphatic hydroxyl groups excluding tert-OH is 1. The lowest BCUT2D eigenvalue weighted by Crippen LogP contribution is -2.40. The molecule has 0 bridgehead atoms.